The Morgan fingerprint density at radius 1 is 1.29 bits per heavy atom. The minimum absolute atomic E-state index is 0.306. The molecule has 0 fully saturated rings. The topological polar surface area (TPSA) is 67.3 Å². The predicted molar refractivity (Wildman–Crippen MR) is 84.7 cm³/mol. The molecule has 1 aromatic carbocycles. The van der Waals surface area contributed by atoms with E-state index in [0.29, 0.717) is 36.5 Å². The van der Waals surface area contributed by atoms with Crippen LogP contribution in [0.15, 0.2) is 24.5 Å². The van der Waals surface area contributed by atoms with Gasteiger partial charge in [-0.05, 0) is 24.1 Å². The summed E-state index contributed by atoms with van der Waals surface area (Å²) in [7, 11) is 0. The summed E-state index contributed by atoms with van der Waals surface area (Å²) in [5, 5.41) is 14.5. The summed E-state index contributed by atoms with van der Waals surface area (Å²) in [4.78, 5) is 8.38. The predicted octanol–water partition coefficient (Wildman–Crippen LogP) is 2.73. The van der Waals surface area contributed by atoms with E-state index >= 15 is 0 Å². The number of anilines is 1. The third-order valence-corrected chi connectivity index (χ3v) is 3.10. The van der Waals surface area contributed by atoms with E-state index in [0.717, 1.165) is 10.9 Å². The van der Waals surface area contributed by atoms with E-state index in [9.17, 15) is 5.11 Å². The molecule has 5 nitrogen and oxygen atoms in total. The van der Waals surface area contributed by atoms with Gasteiger partial charge in [0.15, 0.2) is 0 Å². The molecule has 0 bridgehead atoms. The maximum absolute atomic E-state index is 9.89. The number of aromatic nitrogens is 2. The van der Waals surface area contributed by atoms with Crippen molar-refractivity contribution in [3.05, 3.63) is 29.5 Å². The molecule has 114 valence electrons. The van der Waals surface area contributed by atoms with Gasteiger partial charge in [-0.25, -0.2) is 9.97 Å². The normalized spacial score (nSPS) is 12.8. The number of halogens is 1. The lowest BCUT2D eigenvalue weighted by atomic mass is 10.2. The third-order valence-electron chi connectivity index (χ3n) is 2.87. The van der Waals surface area contributed by atoms with Crippen molar-refractivity contribution in [1.29, 1.82) is 0 Å². The third kappa shape index (κ3) is 4.81. The first-order valence-electron chi connectivity index (χ1n) is 6.96. The van der Waals surface area contributed by atoms with Crippen LogP contribution in [0.2, 0.25) is 5.02 Å². The second-order valence-electron chi connectivity index (χ2n) is 5.35. The van der Waals surface area contributed by atoms with Crippen LogP contribution in [0.3, 0.4) is 0 Å². The fourth-order valence-corrected chi connectivity index (χ4v) is 2.05. The summed E-state index contributed by atoms with van der Waals surface area (Å²) >= 11 is 5.94. The molecule has 2 rings (SSSR count). The quantitative estimate of drug-likeness (QED) is 0.823. The number of nitrogens with one attached hydrogen (secondary N) is 1. The van der Waals surface area contributed by atoms with Crippen LogP contribution in [0.25, 0.3) is 10.9 Å². The maximum Gasteiger partial charge on any atom is 0.137 e. The van der Waals surface area contributed by atoms with Crippen LogP contribution in [0.5, 0.6) is 0 Å². The van der Waals surface area contributed by atoms with E-state index in [4.69, 9.17) is 16.3 Å². The van der Waals surface area contributed by atoms with Crippen molar-refractivity contribution in [1.82, 2.24) is 9.97 Å². The van der Waals surface area contributed by atoms with Crippen molar-refractivity contribution in [3.8, 4) is 0 Å². The average molecular weight is 310 g/mol. The summed E-state index contributed by atoms with van der Waals surface area (Å²) < 4.78 is 5.41. The molecule has 21 heavy (non-hydrogen) atoms. The Kier molecular flexibility index (Phi) is 5.73. The van der Waals surface area contributed by atoms with Crippen molar-refractivity contribution in [2.75, 3.05) is 25.1 Å². The van der Waals surface area contributed by atoms with E-state index in [1.165, 1.54) is 6.33 Å². The number of hydrogen-bond acceptors (Lipinski definition) is 5. The molecule has 1 unspecified atom stereocenters. The minimum Gasteiger partial charge on any atom is -0.389 e. The van der Waals surface area contributed by atoms with Gasteiger partial charge in [0.2, 0.25) is 0 Å². The van der Waals surface area contributed by atoms with Crippen molar-refractivity contribution in [3.63, 3.8) is 0 Å². The van der Waals surface area contributed by atoms with Gasteiger partial charge in [-0.1, -0.05) is 25.4 Å². The molecular weight excluding hydrogens is 290 g/mol. The average Bonchev–Trinajstić information content (AvgIpc) is 2.44. The largest absolute Gasteiger partial charge is 0.389 e. The van der Waals surface area contributed by atoms with Crippen LogP contribution in [-0.4, -0.2) is 40.9 Å². The monoisotopic (exact) mass is 309 g/mol. The van der Waals surface area contributed by atoms with E-state index in [-0.39, 0.29) is 0 Å². The van der Waals surface area contributed by atoms with Crippen LogP contribution < -0.4 is 5.32 Å². The van der Waals surface area contributed by atoms with Crippen LogP contribution >= 0.6 is 11.6 Å². The van der Waals surface area contributed by atoms with Crippen molar-refractivity contribution in [2.24, 2.45) is 5.92 Å². The second-order valence-corrected chi connectivity index (χ2v) is 5.79. The summed E-state index contributed by atoms with van der Waals surface area (Å²) in [5.74, 6) is 1.14. The molecule has 2 N–H and O–H groups in total. The number of nitrogens with zero attached hydrogens (tertiary/aromatic N) is 2. The van der Waals surface area contributed by atoms with Crippen LogP contribution in [-0.2, 0) is 4.74 Å². The summed E-state index contributed by atoms with van der Waals surface area (Å²) in [6.45, 7) is 5.46. The standard InChI is InChI=1S/C15H20ClN3O2/c1-10(2)7-21-8-12(20)6-17-15-13-4-3-11(16)5-14(13)18-9-19-15/h3-5,9-10,12,20H,6-8H2,1-2H3,(H,17,18,19). The lowest BCUT2D eigenvalue weighted by Crippen LogP contribution is -2.26. The molecule has 6 heteroatoms. The molecule has 0 amide bonds. The molecule has 1 atom stereocenters. The van der Waals surface area contributed by atoms with Crippen LogP contribution in [0.4, 0.5) is 5.82 Å². The zero-order chi connectivity index (χ0) is 15.2. The SMILES string of the molecule is CC(C)COCC(O)CNc1ncnc2cc(Cl)ccc12. The fraction of sp³-hybridized carbons (Fsp3) is 0.467. The van der Waals surface area contributed by atoms with Gasteiger partial charge in [0.25, 0.3) is 0 Å². The molecule has 0 aliphatic carbocycles. The number of benzene rings is 1. The van der Waals surface area contributed by atoms with E-state index in [1.54, 1.807) is 12.1 Å². The second kappa shape index (κ2) is 7.54. The summed E-state index contributed by atoms with van der Waals surface area (Å²) in [6, 6.07) is 5.44. The summed E-state index contributed by atoms with van der Waals surface area (Å²) in [5.41, 5.74) is 0.769. The number of rotatable bonds is 7. The minimum atomic E-state index is -0.582. The molecular formula is C15H20ClN3O2. The highest BCUT2D eigenvalue weighted by atomic mass is 35.5. The summed E-state index contributed by atoms with van der Waals surface area (Å²) in [6.07, 6.45) is 0.892. The Morgan fingerprint density at radius 3 is 2.86 bits per heavy atom. The number of hydrogen-bond donors (Lipinski definition) is 2. The lowest BCUT2D eigenvalue weighted by Gasteiger charge is -2.14. The Labute approximate surface area is 129 Å². The molecule has 0 spiro atoms. The molecule has 0 radical (unpaired) electrons. The molecule has 0 saturated heterocycles. The molecule has 2 aromatic rings. The first kappa shape index (κ1) is 15.9. The molecule has 1 aromatic heterocycles. The highest BCUT2D eigenvalue weighted by molar-refractivity contribution is 6.31. The smallest absolute Gasteiger partial charge is 0.137 e. The highest BCUT2D eigenvalue weighted by Gasteiger charge is 2.08. The molecule has 0 saturated carbocycles. The Morgan fingerprint density at radius 2 is 2.10 bits per heavy atom. The van der Waals surface area contributed by atoms with Gasteiger partial charge >= 0.3 is 0 Å². The molecule has 0 aliphatic rings. The first-order chi connectivity index (χ1) is 10.1. The van der Waals surface area contributed by atoms with E-state index < -0.39 is 6.10 Å². The van der Waals surface area contributed by atoms with Crippen LogP contribution in [0, 0.1) is 5.92 Å². The Bertz CT molecular complexity index is 592. The number of ether oxygens (including phenoxy) is 1. The van der Waals surface area contributed by atoms with Crippen molar-refractivity contribution >= 4 is 28.3 Å². The van der Waals surface area contributed by atoms with Crippen molar-refractivity contribution in [2.45, 2.75) is 20.0 Å². The first-order valence-corrected chi connectivity index (χ1v) is 7.34. The lowest BCUT2D eigenvalue weighted by molar-refractivity contribution is 0.0317. The van der Waals surface area contributed by atoms with Gasteiger partial charge in [-0.15, -0.1) is 0 Å². The van der Waals surface area contributed by atoms with Crippen LogP contribution in [0.1, 0.15) is 13.8 Å². The van der Waals surface area contributed by atoms with Gasteiger partial charge in [-0.2, -0.15) is 0 Å². The van der Waals surface area contributed by atoms with E-state index in [2.05, 4.69) is 29.1 Å². The van der Waals surface area contributed by atoms with Gasteiger partial charge in [0.05, 0.1) is 18.2 Å². The van der Waals surface area contributed by atoms with Gasteiger partial charge in [-0.3, -0.25) is 0 Å². The molecule has 1 heterocycles. The zero-order valence-corrected chi connectivity index (χ0v) is 13.0. The number of aliphatic hydroxyl groups excluding tert-OH is 1. The van der Waals surface area contributed by atoms with Gasteiger partial charge < -0.3 is 15.2 Å². The zero-order valence-electron chi connectivity index (χ0n) is 12.2. The molecule has 0 aliphatic heterocycles. The number of aliphatic hydroxyl groups is 1. The Balaban J connectivity index is 1.94. The van der Waals surface area contributed by atoms with Gasteiger partial charge in [0.1, 0.15) is 12.1 Å². The maximum atomic E-state index is 9.89. The van der Waals surface area contributed by atoms with Gasteiger partial charge in [0, 0.05) is 23.6 Å². The van der Waals surface area contributed by atoms with Crippen molar-refractivity contribution < 1.29 is 9.84 Å². The fourth-order valence-electron chi connectivity index (χ4n) is 1.88. The Hall–Kier alpha value is -1.43. The van der Waals surface area contributed by atoms with E-state index in [1.807, 2.05) is 6.07 Å². The highest BCUT2D eigenvalue weighted by Crippen LogP contribution is 2.22. The number of fused-ring (bicyclic) bond motifs is 1.